The molecule has 118 valence electrons. The van der Waals surface area contributed by atoms with Crippen LogP contribution in [0.4, 0.5) is 0 Å². The summed E-state index contributed by atoms with van der Waals surface area (Å²) in [5.74, 6) is -0.0793. The van der Waals surface area contributed by atoms with E-state index < -0.39 is 20.6 Å². The lowest BCUT2D eigenvalue weighted by molar-refractivity contribution is -0.0218. The van der Waals surface area contributed by atoms with Crippen molar-refractivity contribution in [3.05, 3.63) is 29.8 Å². The van der Waals surface area contributed by atoms with Crippen molar-refractivity contribution in [3.63, 3.8) is 0 Å². The highest BCUT2D eigenvalue weighted by atomic mass is 35.5. The molecule has 0 aromatic heterocycles. The summed E-state index contributed by atoms with van der Waals surface area (Å²) in [6, 6.07) is 7.60. The molecule has 1 fully saturated rings. The molecule has 2 unspecified atom stereocenters. The fourth-order valence-corrected chi connectivity index (χ4v) is 5.39. The molecule has 2 rings (SSSR count). The van der Waals surface area contributed by atoms with Crippen molar-refractivity contribution in [3.8, 4) is 0 Å². The smallest absolute Gasteiger partial charge is 0.154 e. The molecule has 1 N–H and O–H groups in total. The van der Waals surface area contributed by atoms with Crippen molar-refractivity contribution in [1.29, 1.82) is 0 Å². The van der Waals surface area contributed by atoms with Crippen LogP contribution in [-0.2, 0) is 10.8 Å². The molecule has 0 bridgehead atoms. The Morgan fingerprint density at radius 2 is 1.71 bits per heavy atom. The predicted octanol–water partition coefficient (Wildman–Crippen LogP) is 4.39. The maximum atomic E-state index is 13.1. The normalized spacial score (nSPS) is 22.8. The highest BCUT2D eigenvalue weighted by molar-refractivity contribution is 7.88. The Hall–Kier alpha value is -0.380. The van der Waals surface area contributed by atoms with Crippen molar-refractivity contribution in [2.24, 2.45) is 5.92 Å². The van der Waals surface area contributed by atoms with Gasteiger partial charge in [0.25, 0.3) is 0 Å². The van der Waals surface area contributed by atoms with Gasteiger partial charge in [-0.15, -0.1) is 11.6 Å². The number of alkyl halides is 1. The molecular weight excluding hydrogens is 304 g/mol. The molecule has 21 heavy (non-hydrogen) atoms. The first-order valence-corrected chi connectivity index (χ1v) is 9.24. The summed E-state index contributed by atoms with van der Waals surface area (Å²) in [6.07, 6.45) is 4.27. The number of rotatable bonds is 4. The van der Waals surface area contributed by atoms with Crippen LogP contribution in [0.15, 0.2) is 29.2 Å². The first kappa shape index (κ1) is 17.0. The van der Waals surface area contributed by atoms with Crippen LogP contribution in [0.3, 0.4) is 0 Å². The summed E-state index contributed by atoms with van der Waals surface area (Å²) in [7, 11) is -1.45. The van der Waals surface area contributed by atoms with Crippen molar-refractivity contribution in [2.45, 2.75) is 67.6 Å². The summed E-state index contributed by atoms with van der Waals surface area (Å²) in [5.41, 5.74) is 0.0633. The second-order valence-corrected chi connectivity index (χ2v) is 8.95. The van der Waals surface area contributed by atoms with E-state index in [0.29, 0.717) is 17.7 Å². The van der Waals surface area contributed by atoms with Gasteiger partial charge in [0.05, 0.1) is 16.4 Å². The van der Waals surface area contributed by atoms with Crippen molar-refractivity contribution < 1.29 is 9.32 Å². The zero-order valence-electron chi connectivity index (χ0n) is 13.1. The molecule has 1 aliphatic carbocycles. The van der Waals surface area contributed by atoms with Gasteiger partial charge in [0.15, 0.2) is 4.21 Å². The van der Waals surface area contributed by atoms with Gasteiger partial charge in [-0.3, -0.25) is 4.21 Å². The Morgan fingerprint density at radius 1 is 1.19 bits per heavy atom. The molecular formula is C17H25ClO2S. The molecule has 1 aliphatic rings. The molecule has 0 amide bonds. The predicted molar refractivity (Wildman–Crippen MR) is 89.0 cm³/mol. The van der Waals surface area contributed by atoms with Gasteiger partial charge in [0, 0.05) is 4.90 Å². The van der Waals surface area contributed by atoms with E-state index >= 15 is 0 Å². The molecule has 0 saturated heterocycles. The zero-order chi connectivity index (χ0) is 15.7. The molecule has 0 heterocycles. The third-order valence-electron chi connectivity index (χ3n) is 4.56. The van der Waals surface area contributed by atoms with E-state index in [0.717, 1.165) is 24.8 Å². The second-order valence-electron chi connectivity index (χ2n) is 6.47. The number of hydrogen-bond donors (Lipinski definition) is 1. The summed E-state index contributed by atoms with van der Waals surface area (Å²) >= 11 is 6.87. The average molecular weight is 329 g/mol. The van der Waals surface area contributed by atoms with Gasteiger partial charge in [0.1, 0.15) is 0 Å². The van der Waals surface area contributed by atoms with Gasteiger partial charge in [0.2, 0.25) is 0 Å². The van der Waals surface area contributed by atoms with Crippen LogP contribution in [0.5, 0.6) is 0 Å². The summed E-state index contributed by atoms with van der Waals surface area (Å²) < 4.78 is 12.0. The molecule has 2 atom stereocenters. The van der Waals surface area contributed by atoms with Crippen LogP contribution in [0.25, 0.3) is 0 Å². The topological polar surface area (TPSA) is 37.3 Å². The van der Waals surface area contributed by atoms with Crippen molar-refractivity contribution >= 4 is 22.4 Å². The van der Waals surface area contributed by atoms with Gasteiger partial charge < -0.3 is 5.11 Å². The van der Waals surface area contributed by atoms with Crippen LogP contribution in [0, 0.1) is 12.8 Å². The highest BCUT2D eigenvalue weighted by Crippen LogP contribution is 2.49. The average Bonchev–Trinajstić information content (AvgIpc) is 2.47. The summed E-state index contributed by atoms with van der Waals surface area (Å²) in [6.45, 7) is 5.90. The number of halogens is 1. The lowest BCUT2D eigenvalue weighted by atomic mass is 9.78. The van der Waals surface area contributed by atoms with Crippen molar-refractivity contribution in [1.82, 2.24) is 0 Å². The maximum Gasteiger partial charge on any atom is 0.154 e. The second kappa shape index (κ2) is 6.39. The SMILES string of the molecule is Cc1ccc(S(=O)C(Cl)(C(C)C)C2(O)CCCCC2)cc1. The first-order valence-electron chi connectivity index (χ1n) is 7.71. The standard InChI is InChI=1S/C17H25ClO2S/c1-13(2)17(18,16(19)11-5-4-6-12-16)21(20)15-9-7-14(3)8-10-15/h7-10,13,19H,4-6,11-12H2,1-3H3. The Kier molecular flexibility index (Phi) is 5.17. The van der Waals surface area contributed by atoms with Crippen LogP contribution in [0.2, 0.25) is 0 Å². The molecule has 2 nitrogen and oxygen atoms in total. The van der Waals surface area contributed by atoms with Crippen LogP contribution >= 0.6 is 11.6 Å². The number of aliphatic hydroxyl groups is 1. The molecule has 0 radical (unpaired) electrons. The lowest BCUT2D eigenvalue weighted by Gasteiger charge is -2.47. The Morgan fingerprint density at radius 3 is 2.19 bits per heavy atom. The quantitative estimate of drug-likeness (QED) is 0.832. The van der Waals surface area contributed by atoms with Gasteiger partial charge in [-0.1, -0.05) is 50.8 Å². The van der Waals surface area contributed by atoms with Gasteiger partial charge in [-0.05, 0) is 37.8 Å². The van der Waals surface area contributed by atoms with Gasteiger partial charge in [-0.2, -0.15) is 0 Å². The third kappa shape index (κ3) is 3.06. The minimum Gasteiger partial charge on any atom is -0.387 e. The third-order valence-corrected chi connectivity index (χ3v) is 7.86. The van der Waals surface area contributed by atoms with E-state index in [-0.39, 0.29) is 5.92 Å². The van der Waals surface area contributed by atoms with Crippen molar-refractivity contribution in [2.75, 3.05) is 0 Å². The monoisotopic (exact) mass is 328 g/mol. The molecule has 1 aromatic rings. The first-order chi connectivity index (χ1) is 9.81. The zero-order valence-corrected chi connectivity index (χ0v) is 14.6. The minimum atomic E-state index is -1.45. The van der Waals surface area contributed by atoms with E-state index in [1.54, 1.807) is 0 Å². The fourth-order valence-electron chi connectivity index (χ4n) is 3.23. The summed E-state index contributed by atoms with van der Waals surface area (Å²) in [5, 5.41) is 11.1. The van der Waals surface area contributed by atoms with Gasteiger partial charge >= 0.3 is 0 Å². The van der Waals surface area contributed by atoms with Gasteiger partial charge in [-0.25, -0.2) is 0 Å². The molecule has 0 aliphatic heterocycles. The maximum absolute atomic E-state index is 13.1. The molecule has 1 saturated carbocycles. The summed E-state index contributed by atoms with van der Waals surface area (Å²) in [4.78, 5) is 0.697. The van der Waals surface area contributed by atoms with E-state index in [4.69, 9.17) is 11.6 Å². The fraction of sp³-hybridized carbons (Fsp3) is 0.647. The Labute approximate surface area is 135 Å². The van der Waals surface area contributed by atoms with E-state index in [2.05, 4.69) is 0 Å². The van der Waals surface area contributed by atoms with Crippen LogP contribution in [-0.4, -0.2) is 19.1 Å². The highest BCUT2D eigenvalue weighted by Gasteiger charge is 2.56. The van der Waals surface area contributed by atoms with Crippen LogP contribution in [0.1, 0.15) is 51.5 Å². The molecule has 1 aromatic carbocycles. The van der Waals surface area contributed by atoms with E-state index in [9.17, 15) is 9.32 Å². The largest absolute Gasteiger partial charge is 0.387 e. The molecule has 0 spiro atoms. The van der Waals surface area contributed by atoms with Crippen LogP contribution < -0.4 is 0 Å². The number of hydrogen-bond acceptors (Lipinski definition) is 2. The minimum absolute atomic E-state index is 0.0793. The van der Waals surface area contributed by atoms with E-state index in [1.807, 2.05) is 45.0 Å². The Balaban J connectivity index is 2.41. The number of benzene rings is 1. The lowest BCUT2D eigenvalue weighted by Crippen LogP contribution is -2.57. The Bertz CT molecular complexity index is 506. The molecule has 4 heteroatoms. The van der Waals surface area contributed by atoms with E-state index in [1.165, 1.54) is 0 Å². The number of aryl methyl sites for hydroxylation is 1.